The van der Waals surface area contributed by atoms with Gasteiger partial charge in [-0.15, -0.1) is 0 Å². The van der Waals surface area contributed by atoms with Crippen LogP contribution in [0.3, 0.4) is 0 Å². The van der Waals surface area contributed by atoms with Gasteiger partial charge in [0.15, 0.2) is 0 Å². The summed E-state index contributed by atoms with van der Waals surface area (Å²) in [5, 5.41) is 13.0. The molecule has 0 bridgehead atoms. The molecule has 1 atom stereocenters. The first-order valence-electron chi connectivity index (χ1n) is 6.61. The summed E-state index contributed by atoms with van der Waals surface area (Å²) in [6.45, 7) is 1.54. The summed E-state index contributed by atoms with van der Waals surface area (Å²) in [6.07, 6.45) is 9.27. The van der Waals surface area contributed by atoms with Gasteiger partial charge in [0.05, 0.1) is 6.07 Å². The number of rotatable bonds is 2. The number of hydrogen-bond donors (Lipinski definition) is 1. The van der Waals surface area contributed by atoms with Gasteiger partial charge < -0.3 is 4.74 Å². The SMILES string of the molecule is N#CC1(NC2CCCCC2)CCCOCC1. The van der Waals surface area contributed by atoms with E-state index in [1.165, 1.54) is 32.1 Å². The van der Waals surface area contributed by atoms with Gasteiger partial charge in [-0.1, -0.05) is 19.3 Å². The van der Waals surface area contributed by atoms with Gasteiger partial charge in [-0.25, -0.2) is 0 Å². The van der Waals surface area contributed by atoms with E-state index in [0.717, 1.165) is 32.5 Å². The molecular weight excluding hydrogens is 200 g/mol. The van der Waals surface area contributed by atoms with Crippen LogP contribution in [0.15, 0.2) is 0 Å². The van der Waals surface area contributed by atoms with E-state index in [9.17, 15) is 5.26 Å². The second-order valence-electron chi connectivity index (χ2n) is 5.14. The van der Waals surface area contributed by atoms with E-state index in [1.807, 2.05) is 0 Å². The Hall–Kier alpha value is -0.590. The molecule has 2 aliphatic rings. The van der Waals surface area contributed by atoms with Gasteiger partial charge in [0.2, 0.25) is 0 Å². The van der Waals surface area contributed by atoms with Gasteiger partial charge >= 0.3 is 0 Å². The van der Waals surface area contributed by atoms with Crippen molar-refractivity contribution in [3.8, 4) is 6.07 Å². The highest BCUT2D eigenvalue weighted by molar-refractivity contribution is 5.08. The van der Waals surface area contributed by atoms with Gasteiger partial charge in [0.1, 0.15) is 5.54 Å². The molecule has 16 heavy (non-hydrogen) atoms. The van der Waals surface area contributed by atoms with E-state index in [4.69, 9.17) is 4.74 Å². The summed E-state index contributed by atoms with van der Waals surface area (Å²) in [7, 11) is 0. The van der Waals surface area contributed by atoms with Gasteiger partial charge in [0.25, 0.3) is 0 Å². The predicted octanol–water partition coefficient (Wildman–Crippen LogP) is 2.37. The molecule has 0 aromatic heterocycles. The summed E-state index contributed by atoms with van der Waals surface area (Å²) >= 11 is 0. The Labute approximate surface area is 98.2 Å². The molecular formula is C13H22N2O. The molecule has 1 unspecified atom stereocenters. The standard InChI is InChI=1S/C13H22N2O/c14-11-13(7-4-9-16-10-8-13)15-12-5-2-1-3-6-12/h12,15H,1-10H2. The maximum Gasteiger partial charge on any atom is 0.109 e. The number of nitrogens with zero attached hydrogens (tertiary/aromatic N) is 1. The van der Waals surface area contributed by atoms with Gasteiger partial charge in [-0.2, -0.15) is 5.26 Å². The Morgan fingerprint density at radius 1 is 1.06 bits per heavy atom. The molecule has 3 nitrogen and oxygen atoms in total. The van der Waals surface area contributed by atoms with Crippen molar-refractivity contribution < 1.29 is 4.74 Å². The number of nitrogens with one attached hydrogen (secondary N) is 1. The quantitative estimate of drug-likeness (QED) is 0.780. The fourth-order valence-corrected chi connectivity index (χ4v) is 2.88. The van der Waals surface area contributed by atoms with E-state index < -0.39 is 0 Å². The fraction of sp³-hybridized carbons (Fsp3) is 0.923. The Balaban J connectivity index is 1.94. The zero-order chi connectivity index (χ0) is 11.3. The first-order chi connectivity index (χ1) is 7.85. The van der Waals surface area contributed by atoms with Crippen LogP contribution in [-0.4, -0.2) is 24.8 Å². The largest absolute Gasteiger partial charge is 0.381 e. The number of nitriles is 1. The lowest BCUT2D eigenvalue weighted by Crippen LogP contribution is -2.50. The molecule has 1 saturated heterocycles. The van der Waals surface area contributed by atoms with Gasteiger partial charge in [-0.3, -0.25) is 5.32 Å². The van der Waals surface area contributed by atoms with Crippen molar-refractivity contribution in [2.75, 3.05) is 13.2 Å². The van der Waals surface area contributed by atoms with Gasteiger partial charge in [-0.05, 0) is 25.7 Å². The molecule has 1 saturated carbocycles. The van der Waals surface area contributed by atoms with Crippen molar-refractivity contribution in [1.82, 2.24) is 5.32 Å². The summed E-state index contributed by atoms with van der Waals surface area (Å²) in [5.41, 5.74) is -0.307. The third-order valence-corrected chi connectivity index (χ3v) is 3.87. The first kappa shape index (κ1) is 11.9. The highest BCUT2D eigenvalue weighted by Crippen LogP contribution is 2.25. The molecule has 1 aliphatic carbocycles. The molecule has 0 amide bonds. The van der Waals surface area contributed by atoms with E-state index in [1.54, 1.807) is 0 Å². The predicted molar refractivity (Wildman–Crippen MR) is 63.0 cm³/mol. The van der Waals surface area contributed by atoms with Crippen LogP contribution in [0.25, 0.3) is 0 Å². The normalized spacial score (nSPS) is 32.9. The minimum absolute atomic E-state index is 0.307. The topological polar surface area (TPSA) is 45.0 Å². The highest BCUT2D eigenvalue weighted by atomic mass is 16.5. The zero-order valence-corrected chi connectivity index (χ0v) is 10.0. The van der Waals surface area contributed by atoms with Crippen LogP contribution in [0.1, 0.15) is 51.4 Å². The summed E-state index contributed by atoms with van der Waals surface area (Å²) in [4.78, 5) is 0. The Kier molecular flexibility index (Phi) is 4.20. The second kappa shape index (κ2) is 5.65. The third-order valence-electron chi connectivity index (χ3n) is 3.87. The smallest absolute Gasteiger partial charge is 0.109 e. The van der Waals surface area contributed by atoms with Crippen LogP contribution >= 0.6 is 0 Å². The summed E-state index contributed by atoms with van der Waals surface area (Å²) in [6, 6.07) is 3.08. The van der Waals surface area contributed by atoms with Crippen LogP contribution in [0.2, 0.25) is 0 Å². The van der Waals surface area contributed by atoms with Crippen LogP contribution in [0.4, 0.5) is 0 Å². The van der Waals surface area contributed by atoms with Crippen LogP contribution < -0.4 is 5.32 Å². The average Bonchev–Trinajstić information content (AvgIpc) is 2.57. The lowest BCUT2D eigenvalue weighted by Gasteiger charge is -2.33. The Bertz CT molecular complexity index is 245. The summed E-state index contributed by atoms with van der Waals surface area (Å²) in [5.74, 6) is 0. The van der Waals surface area contributed by atoms with Crippen molar-refractivity contribution in [2.45, 2.75) is 62.9 Å². The molecule has 2 rings (SSSR count). The molecule has 0 aromatic carbocycles. The summed E-state index contributed by atoms with van der Waals surface area (Å²) < 4.78 is 5.45. The number of ether oxygens (including phenoxy) is 1. The lowest BCUT2D eigenvalue weighted by atomic mass is 9.87. The molecule has 0 radical (unpaired) electrons. The molecule has 0 aromatic rings. The maximum absolute atomic E-state index is 9.43. The molecule has 3 heteroatoms. The molecule has 1 aliphatic heterocycles. The molecule has 0 spiro atoms. The average molecular weight is 222 g/mol. The van der Waals surface area contributed by atoms with Crippen LogP contribution in [0, 0.1) is 11.3 Å². The van der Waals surface area contributed by atoms with E-state index >= 15 is 0 Å². The molecule has 1 N–H and O–H groups in total. The first-order valence-corrected chi connectivity index (χ1v) is 6.61. The third kappa shape index (κ3) is 2.96. The van der Waals surface area contributed by atoms with Crippen molar-refractivity contribution in [1.29, 1.82) is 5.26 Å². The van der Waals surface area contributed by atoms with E-state index in [0.29, 0.717) is 6.04 Å². The van der Waals surface area contributed by atoms with Crippen molar-refractivity contribution in [3.63, 3.8) is 0 Å². The second-order valence-corrected chi connectivity index (χ2v) is 5.14. The number of hydrogen-bond acceptors (Lipinski definition) is 3. The van der Waals surface area contributed by atoms with E-state index in [-0.39, 0.29) is 5.54 Å². The highest BCUT2D eigenvalue weighted by Gasteiger charge is 2.33. The zero-order valence-electron chi connectivity index (χ0n) is 10.0. The minimum atomic E-state index is -0.307. The molecule has 90 valence electrons. The van der Waals surface area contributed by atoms with Crippen molar-refractivity contribution in [3.05, 3.63) is 0 Å². The monoisotopic (exact) mass is 222 g/mol. The minimum Gasteiger partial charge on any atom is -0.381 e. The van der Waals surface area contributed by atoms with Crippen LogP contribution in [0.5, 0.6) is 0 Å². The molecule has 2 fully saturated rings. The van der Waals surface area contributed by atoms with Crippen LogP contribution in [-0.2, 0) is 4.74 Å². The van der Waals surface area contributed by atoms with Gasteiger partial charge in [0, 0.05) is 25.7 Å². The van der Waals surface area contributed by atoms with Crippen molar-refractivity contribution >= 4 is 0 Å². The Morgan fingerprint density at radius 2 is 1.88 bits per heavy atom. The molecule has 1 heterocycles. The maximum atomic E-state index is 9.43. The fourth-order valence-electron chi connectivity index (χ4n) is 2.88. The Morgan fingerprint density at radius 3 is 2.62 bits per heavy atom. The van der Waals surface area contributed by atoms with Crippen molar-refractivity contribution in [2.24, 2.45) is 0 Å². The lowest BCUT2D eigenvalue weighted by molar-refractivity contribution is 0.138. The van der Waals surface area contributed by atoms with E-state index in [2.05, 4.69) is 11.4 Å².